The van der Waals surface area contributed by atoms with Crippen molar-refractivity contribution in [3.63, 3.8) is 0 Å². The van der Waals surface area contributed by atoms with Crippen LogP contribution in [0.15, 0.2) is 10.5 Å². The quantitative estimate of drug-likeness (QED) is 0.763. The Morgan fingerprint density at radius 2 is 1.84 bits per heavy atom. The fraction of sp³-hybridized carbons (Fsp3) is 0.111. The van der Waals surface area contributed by atoms with E-state index in [0.717, 1.165) is 6.07 Å². The predicted octanol–water partition coefficient (Wildman–Crippen LogP) is 3.95. The lowest BCUT2D eigenvalue weighted by Gasteiger charge is -2.14. The summed E-state index contributed by atoms with van der Waals surface area (Å²) in [5, 5.41) is 9.70. The van der Waals surface area contributed by atoms with E-state index < -0.39 is 34.3 Å². The molecule has 1 amide bonds. The SMILES string of the molecule is O=C(O)c1cc(Cl)c(Br)c(Cl)c1NC(=O)C(F)(F)F. The van der Waals surface area contributed by atoms with E-state index in [4.69, 9.17) is 28.3 Å². The summed E-state index contributed by atoms with van der Waals surface area (Å²) in [6, 6.07) is 0.867. The average Bonchev–Trinajstić information content (AvgIpc) is 2.27. The first-order chi connectivity index (χ1) is 8.55. The first kappa shape index (κ1) is 16.1. The normalized spacial score (nSPS) is 11.3. The topological polar surface area (TPSA) is 66.4 Å². The van der Waals surface area contributed by atoms with Gasteiger partial charge >= 0.3 is 18.1 Å². The van der Waals surface area contributed by atoms with Gasteiger partial charge in [-0.25, -0.2) is 4.79 Å². The van der Waals surface area contributed by atoms with Crippen LogP contribution in [-0.4, -0.2) is 23.2 Å². The Labute approximate surface area is 122 Å². The second-order valence-corrected chi connectivity index (χ2v) is 4.74. The molecule has 4 nitrogen and oxygen atoms in total. The summed E-state index contributed by atoms with van der Waals surface area (Å²) in [6.45, 7) is 0. The van der Waals surface area contributed by atoms with Gasteiger partial charge in [-0.3, -0.25) is 4.79 Å². The summed E-state index contributed by atoms with van der Waals surface area (Å²) < 4.78 is 36.4. The zero-order valence-electron chi connectivity index (χ0n) is 8.61. The van der Waals surface area contributed by atoms with E-state index in [1.807, 2.05) is 0 Å². The summed E-state index contributed by atoms with van der Waals surface area (Å²) in [4.78, 5) is 21.7. The first-order valence-corrected chi connectivity index (χ1v) is 5.89. The van der Waals surface area contributed by atoms with Crippen LogP contribution in [-0.2, 0) is 4.79 Å². The summed E-state index contributed by atoms with van der Waals surface area (Å²) in [6.07, 6.45) is -5.18. The molecule has 0 saturated carbocycles. The van der Waals surface area contributed by atoms with Crippen molar-refractivity contribution in [2.24, 2.45) is 0 Å². The minimum Gasteiger partial charge on any atom is -0.478 e. The molecule has 0 fully saturated rings. The van der Waals surface area contributed by atoms with Crippen LogP contribution in [0, 0.1) is 0 Å². The maximum atomic E-state index is 12.1. The third-order valence-corrected chi connectivity index (χ3v) is 3.84. The standard InChI is InChI=1S/C9H3BrCl2F3NO3/c10-4-3(11)1-2(7(17)18)6(5(4)12)16-8(19)9(13,14)15/h1H,(H,16,19)(H,17,18). The highest BCUT2D eigenvalue weighted by Gasteiger charge is 2.39. The molecule has 0 aliphatic carbocycles. The molecule has 104 valence electrons. The molecule has 0 aromatic heterocycles. The van der Waals surface area contributed by atoms with Crippen molar-refractivity contribution in [1.29, 1.82) is 0 Å². The molecule has 0 bridgehead atoms. The van der Waals surface area contributed by atoms with Gasteiger partial charge in [0.25, 0.3) is 0 Å². The third kappa shape index (κ3) is 3.52. The van der Waals surface area contributed by atoms with Crippen molar-refractivity contribution in [2.45, 2.75) is 6.18 Å². The molecular formula is C9H3BrCl2F3NO3. The number of hydrogen-bond donors (Lipinski definition) is 2. The Morgan fingerprint density at radius 3 is 2.26 bits per heavy atom. The Morgan fingerprint density at radius 1 is 1.32 bits per heavy atom. The highest BCUT2D eigenvalue weighted by Crippen LogP contribution is 2.39. The second-order valence-electron chi connectivity index (χ2n) is 3.17. The van der Waals surface area contributed by atoms with Crippen molar-refractivity contribution in [1.82, 2.24) is 0 Å². The Hall–Kier alpha value is -0.990. The van der Waals surface area contributed by atoms with Crippen molar-refractivity contribution >= 4 is 56.7 Å². The van der Waals surface area contributed by atoms with Gasteiger partial charge in [0.05, 0.1) is 25.8 Å². The van der Waals surface area contributed by atoms with Gasteiger partial charge in [0.15, 0.2) is 0 Å². The number of alkyl halides is 3. The van der Waals surface area contributed by atoms with Crippen molar-refractivity contribution in [2.75, 3.05) is 5.32 Å². The van der Waals surface area contributed by atoms with Gasteiger partial charge in [0, 0.05) is 0 Å². The van der Waals surface area contributed by atoms with Crippen LogP contribution in [0.25, 0.3) is 0 Å². The minimum atomic E-state index is -5.18. The van der Waals surface area contributed by atoms with Crippen LogP contribution in [0.5, 0.6) is 0 Å². The van der Waals surface area contributed by atoms with Crippen LogP contribution in [0.2, 0.25) is 10.0 Å². The molecule has 2 N–H and O–H groups in total. The largest absolute Gasteiger partial charge is 0.478 e. The molecule has 19 heavy (non-hydrogen) atoms. The lowest BCUT2D eigenvalue weighted by Crippen LogP contribution is -2.30. The summed E-state index contributed by atoms with van der Waals surface area (Å²) in [5.41, 5.74) is -1.34. The highest BCUT2D eigenvalue weighted by atomic mass is 79.9. The average molecular weight is 381 g/mol. The molecule has 0 spiro atoms. The highest BCUT2D eigenvalue weighted by molar-refractivity contribution is 9.10. The Kier molecular flexibility index (Phi) is 4.70. The zero-order valence-corrected chi connectivity index (χ0v) is 11.7. The molecule has 0 unspecified atom stereocenters. The predicted molar refractivity (Wildman–Crippen MR) is 65.8 cm³/mol. The number of rotatable bonds is 2. The summed E-state index contributed by atoms with van der Waals surface area (Å²) >= 11 is 14.2. The zero-order chi connectivity index (χ0) is 15.0. The lowest BCUT2D eigenvalue weighted by molar-refractivity contribution is -0.167. The smallest absolute Gasteiger partial charge is 0.471 e. The van der Waals surface area contributed by atoms with Gasteiger partial charge in [-0.1, -0.05) is 23.2 Å². The van der Waals surface area contributed by atoms with Crippen molar-refractivity contribution < 1.29 is 27.9 Å². The fourth-order valence-corrected chi connectivity index (χ4v) is 1.89. The summed E-state index contributed by atoms with van der Waals surface area (Å²) in [7, 11) is 0. The van der Waals surface area contributed by atoms with Gasteiger partial charge in [0.1, 0.15) is 0 Å². The molecule has 0 aliphatic heterocycles. The van der Waals surface area contributed by atoms with E-state index >= 15 is 0 Å². The number of halogens is 6. The molecule has 1 aromatic rings. The van der Waals surface area contributed by atoms with E-state index in [9.17, 15) is 22.8 Å². The number of benzene rings is 1. The van der Waals surface area contributed by atoms with E-state index in [2.05, 4.69) is 15.9 Å². The number of nitrogens with one attached hydrogen (secondary N) is 1. The van der Waals surface area contributed by atoms with Crippen LogP contribution >= 0.6 is 39.1 Å². The molecule has 0 saturated heterocycles. The van der Waals surface area contributed by atoms with Crippen LogP contribution in [0.1, 0.15) is 10.4 Å². The minimum absolute atomic E-state index is 0.0293. The summed E-state index contributed by atoms with van der Waals surface area (Å²) in [5.74, 6) is -3.93. The van der Waals surface area contributed by atoms with Crippen molar-refractivity contribution in [3.8, 4) is 0 Å². The van der Waals surface area contributed by atoms with Crippen LogP contribution in [0.4, 0.5) is 18.9 Å². The number of carboxylic acid groups (broad SMARTS) is 1. The number of amides is 1. The van der Waals surface area contributed by atoms with E-state index in [1.54, 1.807) is 0 Å². The van der Waals surface area contributed by atoms with Gasteiger partial charge < -0.3 is 10.4 Å². The van der Waals surface area contributed by atoms with Gasteiger partial charge in [-0.05, 0) is 22.0 Å². The molecule has 1 aromatic carbocycles. The number of carbonyl (C=O) groups excluding carboxylic acids is 1. The fourth-order valence-electron chi connectivity index (χ4n) is 1.07. The molecular weight excluding hydrogens is 378 g/mol. The first-order valence-electron chi connectivity index (χ1n) is 4.34. The molecule has 0 radical (unpaired) electrons. The maximum Gasteiger partial charge on any atom is 0.471 e. The van der Waals surface area contributed by atoms with Gasteiger partial charge in [-0.2, -0.15) is 13.2 Å². The van der Waals surface area contributed by atoms with E-state index in [1.165, 1.54) is 5.32 Å². The number of anilines is 1. The van der Waals surface area contributed by atoms with Crippen LogP contribution in [0.3, 0.4) is 0 Å². The maximum absolute atomic E-state index is 12.1. The lowest BCUT2D eigenvalue weighted by atomic mass is 10.1. The van der Waals surface area contributed by atoms with E-state index in [-0.39, 0.29) is 9.50 Å². The number of carboxylic acids is 1. The van der Waals surface area contributed by atoms with Gasteiger partial charge in [-0.15, -0.1) is 0 Å². The van der Waals surface area contributed by atoms with Gasteiger partial charge in [0.2, 0.25) is 0 Å². The number of carbonyl (C=O) groups is 2. The molecule has 1 rings (SSSR count). The Bertz CT molecular complexity index is 563. The number of aromatic carboxylic acids is 1. The van der Waals surface area contributed by atoms with Crippen LogP contribution < -0.4 is 5.32 Å². The molecule has 0 aliphatic rings. The monoisotopic (exact) mass is 379 g/mol. The molecule has 10 heteroatoms. The second kappa shape index (κ2) is 5.56. The molecule has 0 heterocycles. The number of hydrogen-bond acceptors (Lipinski definition) is 2. The Balaban J connectivity index is 3.37. The third-order valence-electron chi connectivity index (χ3n) is 1.89. The van der Waals surface area contributed by atoms with E-state index in [0.29, 0.717) is 0 Å². The molecule has 0 atom stereocenters. The van der Waals surface area contributed by atoms with Crippen molar-refractivity contribution in [3.05, 3.63) is 26.1 Å².